The number of hydrogen-bond donors (Lipinski definition) is 1. The quantitative estimate of drug-likeness (QED) is 0.872. The van der Waals surface area contributed by atoms with Crippen molar-refractivity contribution in [2.45, 2.75) is 38.0 Å². The molecule has 1 aliphatic carbocycles. The number of hydrogen-bond acceptors (Lipinski definition) is 1. The van der Waals surface area contributed by atoms with E-state index in [2.05, 4.69) is 41.1 Å². The number of rotatable bonds is 2. The smallest absolute Gasteiger partial charge is 0.0178 e. The molecule has 82 valence electrons. The van der Waals surface area contributed by atoms with Crippen molar-refractivity contribution < 1.29 is 0 Å². The van der Waals surface area contributed by atoms with Crippen LogP contribution in [0.15, 0.2) is 22.7 Å². The van der Waals surface area contributed by atoms with E-state index in [4.69, 9.17) is 5.73 Å². The third-order valence-corrected chi connectivity index (χ3v) is 4.20. The molecule has 1 saturated carbocycles. The van der Waals surface area contributed by atoms with Crippen LogP contribution in [-0.2, 0) is 5.41 Å². The molecule has 2 rings (SSSR count). The summed E-state index contributed by atoms with van der Waals surface area (Å²) in [5.74, 6) is 0. The molecule has 0 radical (unpaired) electrons. The van der Waals surface area contributed by atoms with Crippen LogP contribution in [0, 0.1) is 6.92 Å². The van der Waals surface area contributed by atoms with E-state index in [1.807, 2.05) is 0 Å². The molecule has 1 aromatic carbocycles. The molecule has 1 nitrogen and oxygen atoms in total. The molecule has 0 aliphatic heterocycles. The highest BCUT2D eigenvalue weighted by molar-refractivity contribution is 9.10. The van der Waals surface area contributed by atoms with Crippen molar-refractivity contribution in [2.75, 3.05) is 6.54 Å². The Morgan fingerprint density at radius 2 is 2.00 bits per heavy atom. The van der Waals surface area contributed by atoms with Crippen LogP contribution in [0.4, 0.5) is 0 Å². The lowest BCUT2D eigenvalue weighted by Crippen LogP contribution is -2.32. The summed E-state index contributed by atoms with van der Waals surface area (Å²) in [6.07, 6.45) is 5.16. The first kappa shape index (κ1) is 11.2. The van der Waals surface area contributed by atoms with Gasteiger partial charge in [-0.05, 0) is 43.0 Å². The van der Waals surface area contributed by atoms with Crippen LogP contribution in [-0.4, -0.2) is 6.54 Å². The zero-order valence-corrected chi connectivity index (χ0v) is 10.8. The topological polar surface area (TPSA) is 26.0 Å². The van der Waals surface area contributed by atoms with Gasteiger partial charge in [0.05, 0.1) is 0 Å². The second kappa shape index (κ2) is 4.26. The predicted octanol–water partition coefficient (Wildman–Crippen LogP) is 3.53. The van der Waals surface area contributed by atoms with E-state index in [1.54, 1.807) is 0 Å². The van der Waals surface area contributed by atoms with E-state index in [-0.39, 0.29) is 5.41 Å². The summed E-state index contributed by atoms with van der Waals surface area (Å²) in [5.41, 5.74) is 9.10. The van der Waals surface area contributed by atoms with Gasteiger partial charge in [-0.1, -0.05) is 34.8 Å². The van der Waals surface area contributed by atoms with Gasteiger partial charge in [0.2, 0.25) is 0 Å². The molecule has 0 saturated heterocycles. The van der Waals surface area contributed by atoms with Gasteiger partial charge in [0, 0.05) is 16.4 Å². The first-order valence-corrected chi connectivity index (χ1v) is 6.44. The maximum absolute atomic E-state index is 6.00. The van der Waals surface area contributed by atoms with Crippen molar-refractivity contribution in [2.24, 2.45) is 5.73 Å². The third kappa shape index (κ3) is 1.98. The maximum atomic E-state index is 6.00. The summed E-state index contributed by atoms with van der Waals surface area (Å²) in [7, 11) is 0. The molecule has 1 aromatic rings. The van der Waals surface area contributed by atoms with Gasteiger partial charge < -0.3 is 5.73 Å². The zero-order valence-electron chi connectivity index (χ0n) is 9.22. The summed E-state index contributed by atoms with van der Waals surface area (Å²) in [6.45, 7) is 2.98. The highest BCUT2D eigenvalue weighted by Crippen LogP contribution is 2.41. The van der Waals surface area contributed by atoms with Gasteiger partial charge in [0.25, 0.3) is 0 Å². The van der Waals surface area contributed by atoms with Crippen molar-refractivity contribution in [1.29, 1.82) is 0 Å². The van der Waals surface area contributed by atoms with Crippen LogP contribution in [0.25, 0.3) is 0 Å². The van der Waals surface area contributed by atoms with Gasteiger partial charge >= 0.3 is 0 Å². The molecule has 2 N–H and O–H groups in total. The molecular formula is C13H18BrN. The van der Waals surface area contributed by atoms with E-state index in [0.29, 0.717) is 0 Å². The summed E-state index contributed by atoms with van der Waals surface area (Å²) in [5, 5.41) is 0. The summed E-state index contributed by atoms with van der Waals surface area (Å²) in [4.78, 5) is 0. The van der Waals surface area contributed by atoms with Gasteiger partial charge in [0.1, 0.15) is 0 Å². The molecule has 0 amide bonds. The minimum Gasteiger partial charge on any atom is -0.330 e. The van der Waals surface area contributed by atoms with Gasteiger partial charge in [0.15, 0.2) is 0 Å². The van der Waals surface area contributed by atoms with E-state index in [1.165, 1.54) is 36.8 Å². The predicted molar refractivity (Wildman–Crippen MR) is 68.1 cm³/mol. The molecular weight excluding hydrogens is 250 g/mol. The van der Waals surface area contributed by atoms with Gasteiger partial charge in [-0.15, -0.1) is 0 Å². The van der Waals surface area contributed by atoms with Gasteiger partial charge in [-0.2, -0.15) is 0 Å². The number of aryl methyl sites for hydroxylation is 1. The molecule has 1 aliphatic rings. The van der Waals surface area contributed by atoms with E-state index in [9.17, 15) is 0 Å². The Balaban J connectivity index is 2.42. The largest absolute Gasteiger partial charge is 0.330 e. The second-order valence-corrected chi connectivity index (χ2v) is 5.57. The molecule has 0 spiro atoms. The monoisotopic (exact) mass is 267 g/mol. The Bertz CT molecular complexity index is 354. The van der Waals surface area contributed by atoms with Gasteiger partial charge in [-0.3, -0.25) is 0 Å². The highest BCUT2D eigenvalue weighted by Gasteiger charge is 2.35. The Morgan fingerprint density at radius 3 is 2.53 bits per heavy atom. The molecule has 0 bridgehead atoms. The normalized spacial score (nSPS) is 19.4. The van der Waals surface area contributed by atoms with Crippen LogP contribution in [0.2, 0.25) is 0 Å². The number of benzene rings is 1. The molecule has 15 heavy (non-hydrogen) atoms. The highest BCUT2D eigenvalue weighted by atomic mass is 79.9. The second-order valence-electron chi connectivity index (χ2n) is 4.65. The van der Waals surface area contributed by atoms with Crippen LogP contribution in [0.1, 0.15) is 36.8 Å². The molecule has 0 unspecified atom stereocenters. The average molecular weight is 268 g/mol. The third-order valence-electron chi connectivity index (χ3n) is 3.71. The lowest BCUT2D eigenvalue weighted by Gasteiger charge is -2.29. The minimum atomic E-state index is 0.269. The summed E-state index contributed by atoms with van der Waals surface area (Å²) < 4.78 is 1.16. The molecule has 2 heteroatoms. The van der Waals surface area contributed by atoms with Crippen molar-refractivity contribution in [3.8, 4) is 0 Å². The average Bonchev–Trinajstić information content (AvgIpc) is 2.67. The van der Waals surface area contributed by atoms with Crippen LogP contribution >= 0.6 is 15.9 Å². The van der Waals surface area contributed by atoms with Gasteiger partial charge in [-0.25, -0.2) is 0 Å². The summed E-state index contributed by atoms with van der Waals surface area (Å²) in [6, 6.07) is 6.58. The van der Waals surface area contributed by atoms with Crippen LogP contribution in [0.5, 0.6) is 0 Å². The first-order valence-electron chi connectivity index (χ1n) is 5.65. The maximum Gasteiger partial charge on any atom is 0.0178 e. The Kier molecular flexibility index (Phi) is 3.17. The summed E-state index contributed by atoms with van der Waals surface area (Å²) >= 11 is 3.51. The van der Waals surface area contributed by atoms with Crippen LogP contribution in [0.3, 0.4) is 0 Å². The minimum absolute atomic E-state index is 0.269. The van der Waals surface area contributed by atoms with Crippen molar-refractivity contribution >= 4 is 15.9 Å². The van der Waals surface area contributed by atoms with E-state index in [0.717, 1.165) is 11.0 Å². The fourth-order valence-corrected chi connectivity index (χ4v) is 3.33. The Hall–Kier alpha value is -0.340. The fraction of sp³-hybridized carbons (Fsp3) is 0.538. The van der Waals surface area contributed by atoms with Crippen molar-refractivity contribution in [1.82, 2.24) is 0 Å². The van der Waals surface area contributed by atoms with Crippen molar-refractivity contribution in [3.63, 3.8) is 0 Å². The lowest BCUT2D eigenvalue weighted by atomic mass is 9.77. The molecule has 0 aromatic heterocycles. The standard InChI is InChI=1S/C13H18BrN/c1-10-8-11(14)4-5-12(10)13(9-15)6-2-3-7-13/h4-5,8H,2-3,6-7,9,15H2,1H3. The Morgan fingerprint density at radius 1 is 1.33 bits per heavy atom. The van der Waals surface area contributed by atoms with E-state index < -0.39 is 0 Å². The van der Waals surface area contributed by atoms with E-state index >= 15 is 0 Å². The molecule has 1 fully saturated rings. The number of nitrogens with two attached hydrogens (primary N) is 1. The SMILES string of the molecule is Cc1cc(Br)ccc1C1(CN)CCCC1. The van der Waals surface area contributed by atoms with Crippen LogP contribution < -0.4 is 5.73 Å². The molecule has 0 atom stereocenters. The Labute approximate surface area is 100 Å². The molecule has 0 heterocycles. The number of halogens is 1. The van der Waals surface area contributed by atoms with Crippen molar-refractivity contribution in [3.05, 3.63) is 33.8 Å². The lowest BCUT2D eigenvalue weighted by molar-refractivity contribution is 0.450. The fourth-order valence-electron chi connectivity index (χ4n) is 2.86. The zero-order chi connectivity index (χ0) is 10.9. The first-order chi connectivity index (χ1) is 7.18.